The van der Waals surface area contributed by atoms with E-state index in [1.807, 2.05) is 29.7 Å². The summed E-state index contributed by atoms with van der Waals surface area (Å²) in [7, 11) is 0. The number of imidazole rings is 1. The first-order valence-corrected chi connectivity index (χ1v) is 10.9. The van der Waals surface area contributed by atoms with Crippen LogP contribution in [-0.4, -0.2) is 32.2 Å². The largest absolute Gasteiger partial charge is 0.493 e. The summed E-state index contributed by atoms with van der Waals surface area (Å²) in [5.74, 6) is 1.21. The molecule has 0 saturated heterocycles. The number of benzene rings is 1. The average Bonchev–Trinajstić information content (AvgIpc) is 3.11. The lowest BCUT2D eigenvalue weighted by molar-refractivity contribution is 0.0691. The molecular weight excluding hydrogens is 402 g/mol. The van der Waals surface area contributed by atoms with E-state index < -0.39 is 5.97 Å². The highest BCUT2D eigenvalue weighted by molar-refractivity contribution is 6.31. The summed E-state index contributed by atoms with van der Waals surface area (Å²) in [6.45, 7) is 3.22. The topological polar surface area (TPSA) is 77.2 Å². The van der Waals surface area contributed by atoms with Crippen LogP contribution in [0.25, 0.3) is 11.2 Å². The van der Waals surface area contributed by atoms with Gasteiger partial charge in [-0.3, -0.25) is 0 Å². The summed E-state index contributed by atoms with van der Waals surface area (Å²) >= 11 is 6.57. The van der Waals surface area contributed by atoms with Gasteiger partial charge >= 0.3 is 5.97 Å². The van der Waals surface area contributed by atoms with Crippen LogP contribution in [0, 0.1) is 5.92 Å². The number of aromatic carboxylic acids is 1. The number of aryl methyl sites for hydroxylation is 1. The summed E-state index contributed by atoms with van der Waals surface area (Å²) in [5.41, 5.74) is 2.16. The van der Waals surface area contributed by atoms with Crippen LogP contribution < -0.4 is 4.74 Å². The Balaban J connectivity index is 1.55. The molecule has 1 N–H and O–H groups in total. The number of aromatic nitrogens is 3. The molecule has 1 aliphatic rings. The molecule has 0 atom stereocenters. The van der Waals surface area contributed by atoms with Crippen molar-refractivity contribution >= 4 is 28.7 Å². The number of hydrogen-bond donors (Lipinski definition) is 1. The minimum absolute atomic E-state index is 0.00357. The smallest absolute Gasteiger partial charge is 0.354 e. The van der Waals surface area contributed by atoms with E-state index in [1.54, 1.807) is 6.07 Å². The number of halogens is 1. The molecule has 158 valence electrons. The standard InChI is InChI=1S/C23H26ClN3O3/c1-2-21-25-19-10-11-20(23(28)29)26-22(19)27(21)13-16-8-9-17(12-18(16)24)30-14-15-6-4-3-5-7-15/h8-12,15H,2-7,13-14H2,1H3,(H,28,29). The fourth-order valence-electron chi connectivity index (χ4n) is 4.09. The summed E-state index contributed by atoms with van der Waals surface area (Å²) < 4.78 is 7.93. The first kappa shape index (κ1) is 20.7. The maximum Gasteiger partial charge on any atom is 0.354 e. The third kappa shape index (κ3) is 4.43. The molecule has 6 nitrogen and oxygen atoms in total. The van der Waals surface area contributed by atoms with Crippen molar-refractivity contribution in [1.82, 2.24) is 14.5 Å². The lowest BCUT2D eigenvalue weighted by Crippen LogP contribution is -2.15. The Kier molecular flexibility index (Phi) is 6.23. The van der Waals surface area contributed by atoms with Gasteiger partial charge in [0.2, 0.25) is 0 Å². The molecule has 1 saturated carbocycles. The number of fused-ring (bicyclic) bond motifs is 1. The van der Waals surface area contributed by atoms with Gasteiger partial charge in [0.1, 0.15) is 17.1 Å². The molecule has 0 amide bonds. The Morgan fingerprint density at radius 3 is 2.70 bits per heavy atom. The second-order valence-electron chi connectivity index (χ2n) is 7.88. The zero-order chi connectivity index (χ0) is 21.1. The van der Waals surface area contributed by atoms with Gasteiger partial charge < -0.3 is 14.4 Å². The van der Waals surface area contributed by atoms with Crippen molar-refractivity contribution in [2.45, 2.75) is 52.0 Å². The summed E-state index contributed by atoms with van der Waals surface area (Å²) in [6, 6.07) is 8.95. The SMILES string of the molecule is CCc1nc2ccc(C(=O)O)nc2n1Cc1ccc(OCC2CCCCC2)cc1Cl. The fourth-order valence-corrected chi connectivity index (χ4v) is 4.32. The number of rotatable bonds is 7. The first-order chi connectivity index (χ1) is 14.5. The van der Waals surface area contributed by atoms with Crippen LogP contribution in [0.2, 0.25) is 5.02 Å². The van der Waals surface area contributed by atoms with Crippen molar-refractivity contribution in [2.75, 3.05) is 6.61 Å². The van der Waals surface area contributed by atoms with E-state index in [4.69, 9.17) is 16.3 Å². The van der Waals surface area contributed by atoms with Crippen LogP contribution >= 0.6 is 11.6 Å². The third-order valence-corrected chi connectivity index (χ3v) is 6.12. The summed E-state index contributed by atoms with van der Waals surface area (Å²) in [4.78, 5) is 20.2. The van der Waals surface area contributed by atoms with Gasteiger partial charge in [0.05, 0.1) is 13.2 Å². The van der Waals surface area contributed by atoms with E-state index >= 15 is 0 Å². The molecule has 2 heterocycles. The third-order valence-electron chi connectivity index (χ3n) is 5.77. The van der Waals surface area contributed by atoms with Crippen LogP contribution in [0.1, 0.15) is 60.9 Å². The number of nitrogens with zero attached hydrogens (tertiary/aromatic N) is 3. The monoisotopic (exact) mass is 427 g/mol. The molecule has 0 unspecified atom stereocenters. The fraction of sp³-hybridized carbons (Fsp3) is 0.435. The van der Waals surface area contributed by atoms with Gasteiger partial charge in [-0.15, -0.1) is 0 Å². The predicted octanol–water partition coefficient (Wildman–Crippen LogP) is 5.35. The van der Waals surface area contributed by atoms with Crippen molar-refractivity contribution in [2.24, 2.45) is 5.92 Å². The molecule has 4 rings (SSSR count). The normalized spacial score (nSPS) is 14.9. The Hall–Kier alpha value is -2.60. The van der Waals surface area contributed by atoms with E-state index in [-0.39, 0.29) is 5.69 Å². The maximum atomic E-state index is 11.3. The molecule has 1 aromatic carbocycles. The number of pyridine rings is 1. The van der Waals surface area contributed by atoms with Crippen molar-refractivity contribution in [3.8, 4) is 5.75 Å². The Bertz CT molecular complexity index is 1060. The van der Waals surface area contributed by atoms with Gasteiger partial charge in [-0.05, 0) is 48.6 Å². The summed E-state index contributed by atoms with van der Waals surface area (Å²) in [6.07, 6.45) is 7.12. The lowest BCUT2D eigenvalue weighted by atomic mass is 9.90. The van der Waals surface area contributed by atoms with Crippen LogP contribution in [0.15, 0.2) is 30.3 Å². The molecule has 0 bridgehead atoms. The van der Waals surface area contributed by atoms with E-state index in [0.717, 1.165) is 23.7 Å². The zero-order valence-electron chi connectivity index (χ0n) is 17.1. The van der Waals surface area contributed by atoms with Crippen LogP contribution in [0.4, 0.5) is 0 Å². The second-order valence-corrected chi connectivity index (χ2v) is 8.29. The van der Waals surface area contributed by atoms with Crippen molar-refractivity contribution in [3.63, 3.8) is 0 Å². The van der Waals surface area contributed by atoms with Gasteiger partial charge in [-0.2, -0.15) is 0 Å². The molecule has 0 aliphatic heterocycles. The van der Waals surface area contributed by atoms with Crippen molar-refractivity contribution < 1.29 is 14.6 Å². The molecule has 30 heavy (non-hydrogen) atoms. The first-order valence-electron chi connectivity index (χ1n) is 10.6. The number of ether oxygens (including phenoxy) is 1. The Morgan fingerprint density at radius 1 is 1.20 bits per heavy atom. The molecule has 7 heteroatoms. The zero-order valence-corrected chi connectivity index (χ0v) is 17.9. The molecule has 3 aromatic rings. The van der Waals surface area contributed by atoms with Crippen LogP contribution in [0.3, 0.4) is 0 Å². The number of carboxylic acid groups (broad SMARTS) is 1. The van der Waals surface area contributed by atoms with Gasteiger partial charge in [0, 0.05) is 11.4 Å². The highest BCUT2D eigenvalue weighted by Crippen LogP contribution is 2.28. The van der Waals surface area contributed by atoms with Gasteiger partial charge in [0.25, 0.3) is 0 Å². The molecular formula is C23H26ClN3O3. The lowest BCUT2D eigenvalue weighted by Gasteiger charge is -2.21. The highest BCUT2D eigenvalue weighted by atomic mass is 35.5. The minimum Gasteiger partial charge on any atom is -0.493 e. The van der Waals surface area contributed by atoms with Crippen molar-refractivity contribution in [3.05, 3.63) is 52.4 Å². The molecule has 2 aromatic heterocycles. The van der Waals surface area contributed by atoms with Crippen LogP contribution in [-0.2, 0) is 13.0 Å². The van der Waals surface area contributed by atoms with E-state index in [1.165, 1.54) is 38.2 Å². The Labute approximate surface area is 180 Å². The highest BCUT2D eigenvalue weighted by Gasteiger charge is 2.17. The number of hydrogen-bond acceptors (Lipinski definition) is 4. The molecule has 1 fully saturated rings. The number of carbonyl (C=O) groups is 1. The molecule has 0 radical (unpaired) electrons. The predicted molar refractivity (Wildman–Crippen MR) is 116 cm³/mol. The quantitative estimate of drug-likeness (QED) is 0.549. The average molecular weight is 428 g/mol. The van der Waals surface area contributed by atoms with E-state index in [2.05, 4.69) is 9.97 Å². The summed E-state index contributed by atoms with van der Waals surface area (Å²) in [5, 5.41) is 9.90. The number of carboxylic acids is 1. The van der Waals surface area contributed by atoms with E-state index in [0.29, 0.717) is 35.1 Å². The van der Waals surface area contributed by atoms with Gasteiger partial charge in [-0.25, -0.2) is 14.8 Å². The van der Waals surface area contributed by atoms with Gasteiger partial charge in [0.15, 0.2) is 11.3 Å². The maximum absolute atomic E-state index is 11.3. The van der Waals surface area contributed by atoms with Crippen molar-refractivity contribution in [1.29, 1.82) is 0 Å². The minimum atomic E-state index is -1.06. The Morgan fingerprint density at radius 2 is 2.00 bits per heavy atom. The van der Waals surface area contributed by atoms with E-state index in [9.17, 15) is 9.90 Å². The second kappa shape index (κ2) is 9.04. The van der Waals surface area contributed by atoms with Gasteiger partial charge in [-0.1, -0.05) is 43.9 Å². The molecule has 1 aliphatic carbocycles. The van der Waals surface area contributed by atoms with Crippen LogP contribution in [0.5, 0.6) is 5.75 Å². The molecule has 0 spiro atoms.